The minimum Gasteiger partial charge on any atom is -0.327 e. The van der Waals surface area contributed by atoms with Crippen LogP contribution in [0.25, 0.3) is 0 Å². The highest BCUT2D eigenvalue weighted by atomic mass is 15.2. The summed E-state index contributed by atoms with van der Waals surface area (Å²) in [4.78, 5) is 5.17. The Kier molecular flexibility index (Phi) is 6.94. The van der Waals surface area contributed by atoms with E-state index in [-0.39, 0.29) is 0 Å². The van der Waals surface area contributed by atoms with E-state index in [4.69, 9.17) is 11.5 Å². The Hall–Kier alpha value is -1.72. The molecule has 4 heteroatoms. The average molecular weight is 433 g/mol. The number of fused-ring (bicyclic) bond motifs is 4. The molecule has 32 heavy (non-hydrogen) atoms. The molecule has 2 unspecified atom stereocenters. The number of hydrogen-bond acceptors (Lipinski definition) is 4. The zero-order chi connectivity index (χ0) is 21.9. The molecule has 0 spiro atoms. The van der Waals surface area contributed by atoms with E-state index < -0.39 is 0 Å². The molecule has 2 aliphatic carbocycles. The molecule has 2 saturated carbocycles. The minimum absolute atomic E-state index is 0.479. The quantitative estimate of drug-likeness (QED) is 0.773. The van der Waals surface area contributed by atoms with Crippen LogP contribution in [0.2, 0.25) is 0 Å². The van der Waals surface area contributed by atoms with E-state index in [1.165, 1.54) is 63.0 Å². The zero-order valence-electron chi connectivity index (χ0n) is 19.4. The summed E-state index contributed by atoms with van der Waals surface area (Å²) in [5.41, 5.74) is 15.3. The van der Waals surface area contributed by atoms with E-state index in [2.05, 4.69) is 70.5 Å². The van der Waals surface area contributed by atoms with Crippen LogP contribution in [-0.4, -0.2) is 48.1 Å². The van der Waals surface area contributed by atoms with Gasteiger partial charge in [-0.15, -0.1) is 0 Å². The van der Waals surface area contributed by atoms with E-state index in [9.17, 15) is 0 Å². The number of rotatable bonds is 4. The SMILES string of the molecule is NC1[C@@H]2CC[C@H]1CN(Cc1ccccc1)C2.NC1[C@@H]2CC[C@H]1CN(Cc1ccccc1)C2. The fourth-order valence-electron chi connectivity index (χ4n) is 6.67. The van der Waals surface area contributed by atoms with Crippen molar-refractivity contribution in [2.24, 2.45) is 35.1 Å². The van der Waals surface area contributed by atoms with Crippen LogP contribution in [0.3, 0.4) is 0 Å². The van der Waals surface area contributed by atoms with Gasteiger partial charge in [-0.1, -0.05) is 60.7 Å². The lowest BCUT2D eigenvalue weighted by molar-refractivity contribution is 0.140. The summed E-state index contributed by atoms with van der Waals surface area (Å²) in [6.07, 6.45) is 5.38. The van der Waals surface area contributed by atoms with Gasteiger partial charge >= 0.3 is 0 Å². The molecule has 4 nitrogen and oxygen atoms in total. The van der Waals surface area contributed by atoms with E-state index in [1.807, 2.05) is 0 Å². The smallest absolute Gasteiger partial charge is 0.0233 e. The maximum absolute atomic E-state index is 6.21. The molecule has 0 radical (unpaired) electrons. The van der Waals surface area contributed by atoms with Crippen LogP contribution in [0, 0.1) is 23.7 Å². The third kappa shape index (κ3) is 5.09. The van der Waals surface area contributed by atoms with E-state index in [1.54, 1.807) is 0 Å². The van der Waals surface area contributed by atoms with Crippen molar-refractivity contribution in [3.63, 3.8) is 0 Å². The Balaban J connectivity index is 0.000000135. The molecule has 2 aromatic rings. The van der Waals surface area contributed by atoms with Crippen molar-refractivity contribution in [1.82, 2.24) is 9.80 Å². The molecule has 4 bridgehead atoms. The van der Waals surface area contributed by atoms with Crippen LogP contribution in [0.15, 0.2) is 60.7 Å². The lowest BCUT2D eigenvalue weighted by Crippen LogP contribution is -2.48. The summed E-state index contributed by atoms with van der Waals surface area (Å²) in [5, 5.41) is 0. The Morgan fingerprint density at radius 2 is 0.844 bits per heavy atom. The Morgan fingerprint density at radius 1 is 0.531 bits per heavy atom. The summed E-state index contributed by atoms with van der Waals surface area (Å²) < 4.78 is 0. The predicted octanol–water partition coefficient (Wildman–Crippen LogP) is 3.71. The molecule has 6 rings (SSSR count). The van der Waals surface area contributed by atoms with Gasteiger partial charge < -0.3 is 11.5 Å². The molecule has 2 heterocycles. The number of nitrogens with two attached hydrogens (primary N) is 2. The number of likely N-dealkylation sites (tertiary alicyclic amines) is 2. The Bertz CT molecular complexity index is 742. The van der Waals surface area contributed by atoms with Gasteiger partial charge in [-0.05, 0) is 60.5 Å². The van der Waals surface area contributed by atoms with Gasteiger partial charge in [0.2, 0.25) is 0 Å². The van der Waals surface area contributed by atoms with E-state index in [0.717, 1.165) is 36.8 Å². The second kappa shape index (κ2) is 10.0. The first-order chi connectivity index (χ1) is 15.7. The summed E-state index contributed by atoms with van der Waals surface area (Å²) >= 11 is 0. The molecular weight excluding hydrogens is 392 g/mol. The standard InChI is InChI=1S/2C14H20N2/c2*15-14-12-6-7-13(14)10-16(9-12)8-11-4-2-1-3-5-11/h2*1-5,12-14H,6-10,15H2/t2*12-,13+,14?. The number of nitrogens with zero attached hydrogens (tertiary/aromatic N) is 2. The first-order valence-electron chi connectivity index (χ1n) is 12.7. The zero-order valence-corrected chi connectivity index (χ0v) is 19.4. The van der Waals surface area contributed by atoms with Gasteiger partial charge in [0.05, 0.1) is 0 Å². The second-order valence-electron chi connectivity index (χ2n) is 10.7. The fraction of sp³-hybridized carbons (Fsp3) is 0.571. The molecule has 4 aliphatic rings. The van der Waals surface area contributed by atoms with Gasteiger partial charge in [0, 0.05) is 51.4 Å². The minimum atomic E-state index is 0.479. The van der Waals surface area contributed by atoms with Crippen molar-refractivity contribution in [2.75, 3.05) is 26.2 Å². The monoisotopic (exact) mass is 432 g/mol. The van der Waals surface area contributed by atoms with Gasteiger partial charge in [-0.25, -0.2) is 0 Å². The molecule has 2 aliphatic heterocycles. The van der Waals surface area contributed by atoms with Gasteiger partial charge in [-0.3, -0.25) is 9.80 Å². The third-order valence-electron chi connectivity index (χ3n) is 8.46. The van der Waals surface area contributed by atoms with Crippen LogP contribution in [-0.2, 0) is 13.1 Å². The summed E-state index contributed by atoms with van der Waals surface area (Å²) in [5.74, 6) is 3.01. The molecule has 4 N–H and O–H groups in total. The average Bonchev–Trinajstić information content (AvgIpc) is 3.14. The molecule has 0 aromatic heterocycles. The maximum atomic E-state index is 6.21. The Labute approximate surface area is 194 Å². The van der Waals surface area contributed by atoms with Gasteiger partial charge in [0.25, 0.3) is 0 Å². The van der Waals surface area contributed by atoms with E-state index in [0.29, 0.717) is 12.1 Å². The van der Waals surface area contributed by atoms with Crippen LogP contribution in [0.5, 0.6) is 0 Å². The highest BCUT2D eigenvalue weighted by Crippen LogP contribution is 2.37. The molecule has 172 valence electrons. The highest BCUT2D eigenvalue weighted by molar-refractivity contribution is 5.16. The summed E-state index contributed by atoms with van der Waals surface area (Å²) in [6.45, 7) is 7.00. The largest absolute Gasteiger partial charge is 0.327 e. The van der Waals surface area contributed by atoms with Crippen LogP contribution >= 0.6 is 0 Å². The van der Waals surface area contributed by atoms with Crippen molar-refractivity contribution >= 4 is 0 Å². The summed E-state index contributed by atoms with van der Waals surface area (Å²) in [6, 6.07) is 22.5. The number of benzene rings is 2. The first kappa shape index (κ1) is 22.1. The fourth-order valence-corrected chi connectivity index (χ4v) is 6.67. The third-order valence-corrected chi connectivity index (χ3v) is 8.46. The first-order valence-corrected chi connectivity index (χ1v) is 12.7. The lowest BCUT2D eigenvalue weighted by atomic mass is 9.93. The molecule has 2 saturated heterocycles. The molecule has 0 amide bonds. The Morgan fingerprint density at radius 3 is 1.16 bits per heavy atom. The number of hydrogen-bond donors (Lipinski definition) is 2. The normalized spacial score (nSPS) is 34.2. The molecule has 4 fully saturated rings. The predicted molar refractivity (Wildman–Crippen MR) is 132 cm³/mol. The molecule has 6 atom stereocenters. The maximum Gasteiger partial charge on any atom is 0.0233 e. The van der Waals surface area contributed by atoms with Gasteiger partial charge in [-0.2, -0.15) is 0 Å². The lowest BCUT2D eigenvalue weighted by Gasteiger charge is -2.36. The van der Waals surface area contributed by atoms with Crippen LogP contribution < -0.4 is 11.5 Å². The molecular formula is C28H40N4. The van der Waals surface area contributed by atoms with Crippen molar-refractivity contribution in [1.29, 1.82) is 0 Å². The van der Waals surface area contributed by atoms with Crippen molar-refractivity contribution in [3.8, 4) is 0 Å². The highest BCUT2D eigenvalue weighted by Gasteiger charge is 2.40. The van der Waals surface area contributed by atoms with E-state index >= 15 is 0 Å². The van der Waals surface area contributed by atoms with Crippen LogP contribution in [0.1, 0.15) is 36.8 Å². The second-order valence-corrected chi connectivity index (χ2v) is 10.7. The topological polar surface area (TPSA) is 58.5 Å². The van der Waals surface area contributed by atoms with Gasteiger partial charge in [0.1, 0.15) is 0 Å². The molecule has 2 aromatic carbocycles. The van der Waals surface area contributed by atoms with Crippen molar-refractivity contribution in [2.45, 2.75) is 50.9 Å². The number of piperidine rings is 2. The van der Waals surface area contributed by atoms with Crippen LogP contribution in [0.4, 0.5) is 0 Å². The van der Waals surface area contributed by atoms with Gasteiger partial charge in [0.15, 0.2) is 0 Å². The van der Waals surface area contributed by atoms with Crippen molar-refractivity contribution in [3.05, 3.63) is 71.8 Å². The van der Waals surface area contributed by atoms with Crippen molar-refractivity contribution < 1.29 is 0 Å². The summed E-state index contributed by atoms with van der Waals surface area (Å²) in [7, 11) is 0.